The van der Waals surface area contributed by atoms with Crippen molar-refractivity contribution in [3.63, 3.8) is 0 Å². The molecule has 2 aromatic heterocycles. The number of rotatable bonds is 6. The molecule has 0 fully saturated rings. The molecule has 0 saturated heterocycles. The number of aromatic nitrogens is 3. The summed E-state index contributed by atoms with van der Waals surface area (Å²) in [7, 11) is 0. The second-order valence-corrected chi connectivity index (χ2v) is 8.03. The van der Waals surface area contributed by atoms with E-state index in [1.165, 1.54) is 22.6 Å². The summed E-state index contributed by atoms with van der Waals surface area (Å²) in [6.07, 6.45) is 7.44. The molecular weight excluding hydrogens is 389 g/mol. The number of pyridine rings is 1. The number of nitrogens with zero attached hydrogens (tertiary/aromatic N) is 2. The molecule has 0 aliphatic carbocycles. The van der Waals surface area contributed by atoms with Crippen LogP contribution in [0.25, 0.3) is 22.5 Å². The van der Waals surface area contributed by atoms with Crippen LogP contribution < -0.4 is 0 Å². The molecule has 0 aliphatic heterocycles. The molecule has 0 atom stereocenters. The Balaban J connectivity index is 1.64. The standard InChI is InChI=1S/C22H18FN3S2/c1-27-18-4-2-3-15(11-18)14-28-21-12-19(22-24-9-10-25-22)20(13-26-21)16-5-7-17(23)8-6-16/h2-13H,14H2,1H3,(H,24,25). The third kappa shape index (κ3) is 4.29. The van der Waals surface area contributed by atoms with E-state index < -0.39 is 0 Å². The second kappa shape index (κ2) is 8.63. The lowest BCUT2D eigenvalue weighted by Crippen LogP contribution is -1.92. The Labute approximate surface area is 171 Å². The summed E-state index contributed by atoms with van der Waals surface area (Å²) in [5.41, 5.74) is 4.04. The van der Waals surface area contributed by atoms with Gasteiger partial charge in [0, 0.05) is 40.4 Å². The highest BCUT2D eigenvalue weighted by atomic mass is 32.2. The van der Waals surface area contributed by atoms with Crippen LogP contribution in [0.1, 0.15) is 5.56 Å². The van der Waals surface area contributed by atoms with Gasteiger partial charge in [-0.1, -0.05) is 24.3 Å². The quantitative estimate of drug-likeness (QED) is 0.381. The number of halogens is 1. The highest BCUT2D eigenvalue weighted by molar-refractivity contribution is 7.98. The molecule has 0 bridgehead atoms. The minimum absolute atomic E-state index is 0.254. The normalized spacial score (nSPS) is 10.9. The molecule has 0 unspecified atom stereocenters. The van der Waals surface area contributed by atoms with Crippen molar-refractivity contribution in [3.05, 3.63) is 84.6 Å². The van der Waals surface area contributed by atoms with Gasteiger partial charge in [-0.25, -0.2) is 14.4 Å². The van der Waals surface area contributed by atoms with Gasteiger partial charge in [0.1, 0.15) is 11.6 Å². The maximum atomic E-state index is 13.3. The van der Waals surface area contributed by atoms with Crippen molar-refractivity contribution in [2.45, 2.75) is 15.7 Å². The maximum absolute atomic E-state index is 13.3. The first-order valence-electron chi connectivity index (χ1n) is 8.74. The lowest BCUT2D eigenvalue weighted by atomic mass is 10.0. The van der Waals surface area contributed by atoms with Crippen LogP contribution in [-0.4, -0.2) is 21.2 Å². The number of nitrogens with one attached hydrogen (secondary N) is 1. The van der Waals surface area contributed by atoms with Crippen molar-refractivity contribution in [1.29, 1.82) is 0 Å². The van der Waals surface area contributed by atoms with Crippen LogP contribution in [0, 0.1) is 5.82 Å². The van der Waals surface area contributed by atoms with E-state index in [0.29, 0.717) is 0 Å². The van der Waals surface area contributed by atoms with Gasteiger partial charge in [-0.15, -0.1) is 23.5 Å². The number of hydrogen-bond donors (Lipinski definition) is 1. The van der Waals surface area contributed by atoms with Crippen LogP contribution in [0.15, 0.2) is 83.1 Å². The van der Waals surface area contributed by atoms with E-state index in [0.717, 1.165) is 33.3 Å². The van der Waals surface area contributed by atoms with Crippen molar-refractivity contribution in [3.8, 4) is 22.5 Å². The Bertz CT molecular complexity index is 1060. The van der Waals surface area contributed by atoms with Gasteiger partial charge in [0.05, 0.1) is 5.03 Å². The molecule has 0 radical (unpaired) electrons. The Kier molecular flexibility index (Phi) is 5.78. The highest BCUT2D eigenvalue weighted by Gasteiger charge is 2.12. The van der Waals surface area contributed by atoms with E-state index in [1.54, 1.807) is 48.1 Å². The summed E-state index contributed by atoms with van der Waals surface area (Å²) in [5.74, 6) is 1.36. The van der Waals surface area contributed by atoms with E-state index in [2.05, 4.69) is 45.5 Å². The van der Waals surface area contributed by atoms with Crippen molar-refractivity contribution in [2.75, 3.05) is 6.26 Å². The summed E-state index contributed by atoms with van der Waals surface area (Å²) >= 11 is 3.43. The molecule has 6 heteroatoms. The van der Waals surface area contributed by atoms with Crippen molar-refractivity contribution in [1.82, 2.24) is 15.0 Å². The van der Waals surface area contributed by atoms with Gasteiger partial charge in [0.25, 0.3) is 0 Å². The van der Waals surface area contributed by atoms with E-state index in [4.69, 9.17) is 0 Å². The zero-order valence-corrected chi connectivity index (χ0v) is 16.9. The Hall–Kier alpha value is -2.57. The Morgan fingerprint density at radius 1 is 1.00 bits per heavy atom. The molecule has 2 aromatic carbocycles. The van der Waals surface area contributed by atoms with Crippen molar-refractivity contribution < 1.29 is 4.39 Å². The topological polar surface area (TPSA) is 41.6 Å². The van der Waals surface area contributed by atoms with Gasteiger partial charge in [-0.3, -0.25) is 0 Å². The first-order valence-corrected chi connectivity index (χ1v) is 11.0. The lowest BCUT2D eigenvalue weighted by molar-refractivity contribution is 0.628. The number of thioether (sulfide) groups is 2. The van der Waals surface area contributed by atoms with Gasteiger partial charge in [0.2, 0.25) is 0 Å². The zero-order valence-electron chi connectivity index (χ0n) is 15.2. The molecule has 0 aliphatic rings. The van der Waals surface area contributed by atoms with Gasteiger partial charge < -0.3 is 4.98 Å². The van der Waals surface area contributed by atoms with Gasteiger partial charge in [-0.05, 0) is 47.7 Å². The smallest absolute Gasteiger partial charge is 0.138 e. The number of H-pyrrole nitrogens is 1. The van der Waals surface area contributed by atoms with E-state index in [1.807, 2.05) is 12.3 Å². The molecule has 0 saturated carbocycles. The number of hydrogen-bond acceptors (Lipinski definition) is 4. The minimum Gasteiger partial charge on any atom is -0.345 e. The summed E-state index contributed by atoms with van der Waals surface area (Å²) in [6, 6.07) is 17.0. The van der Waals surface area contributed by atoms with Crippen LogP contribution >= 0.6 is 23.5 Å². The van der Waals surface area contributed by atoms with E-state index in [9.17, 15) is 4.39 Å². The first kappa shape index (κ1) is 18.8. The lowest BCUT2D eigenvalue weighted by Gasteiger charge is -2.10. The SMILES string of the molecule is CSc1cccc(CSc2cc(-c3ncc[nH]3)c(-c3ccc(F)cc3)cn2)c1. The van der Waals surface area contributed by atoms with Gasteiger partial charge in [0.15, 0.2) is 0 Å². The largest absolute Gasteiger partial charge is 0.345 e. The molecule has 1 N–H and O–H groups in total. The van der Waals surface area contributed by atoms with Crippen LogP contribution in [0.5, 0.6) is 0 Å². The van der Waals surface area contributed by atoms with E-state index in [-0.39, 0.29) is 5.82 Å². The number of aromatic amines is 1. The minimum atomic E-state index is -0.254. The predicted octanol–water partition coefficient (Wildman–Crippen LogP) is 6.29. The summed E-state index contributed by atoms with van der Waals surface area (Å²) in [5, 5.41) is 0.923. The fourth-order valence-electron chi connectivity index (χ4n) is 2.90. The summed E-state index contributed by atoms with van der Waals surface area (Å²) < 4.78 is 13.3. The fourth-order valence-corrected chi connectivity index (χ4v) is 4.21. The Morgan fingerprint density at radius 2 is 1.86 bits per heavy atom. The first-order chi connectivity index (χ1) is 13.7. The monoisotopic (exact) mass is 407 g/mol. The molecule has 0 amide bonds. The van der Waals surface area contributed by atoms with Crippen molar-refractivity contribution >= 4 is 23.5 Å². The van der Waals surface area contributed by atoms with Gasteiger partial charge >= 0.3 is 0 Å². The highest BCUT2D eigenvalue weighted by Crippen LogP contribution is 2.33. The molecule has 0 spiro atoms. The molecule has 4 rings (SSSR count). The maximum Gasteiger partial charge on any atom is 0.138 e. The fraction of sp³-hybridized carbons (Fsp3) is 0.0909. The zero-order chi connectivity index (χ0) is 19.3. The molecular formula is C22H18FN3S2. The third-order valence-corrected chi connectivity index (χ3v) is 6.03. The summed E-state index contributed by atoms with van der Waals surface area (Å²) in [6.45, 7) is 0. The average molecular weight is 408 g/mol. The molecule has 2 heterocycles. The molecule has 140 valence electrons. The molecule has 4 aromatic rings. The summed E-state index contributed by atoms with van der Waals surface area (Å²) in [4.78, 5) is 13.5. The van der Waals surface area contributed by atoms with Crippen LogP contribution in [0.3, 0.4) is 0 Å². The average Bonchev–Trinajstić information content (AvgIpc) is 3.28. The van der Waals surface area contributed by atoms with Crippen LogP contribution in [0.4, 0.5) is 4.39 Å². The molecule has 3 nitrogen and oxygen atoms in total. The number of imidazole rings is 1. The van der Waals surface area contributed by atoms with Gasteiger partial charge in [-0.2, -0.15) is 0 Å². The second-order valence-electron chi connectivity index (χ2n) is 6.15. The van der Waals surface area contributed by atoms with E-state index >= 15 is 0 Å². The van der Waals surface area contributed by atoms with Crippen LogP contribution in [0.2, 0.25) is 0 Å². The molecule has 28 heavy (non-hydrogen) atoms. The van der Waals surface area contributed by atoms with Crippen LogP contribution in [-0.2, 0) is 5.75 Å². The third-order valence-electron chi connectivity index (χ3n) is 4.31. The number of benzene rings is 2. The van der Waals surface area contributed by atoms with Crippen molar-refractivity contribution in [2.24, 2.45) is 0 Å². The Morgan fingerprint density at radius 3 is 2.61 bits per heavy atom. The predicted molar refractivity (Wildman–Crippen MR) is 115 cm³/mol.